The SMILES string of the molecule is c1ccc(-c2cc(-c3ccccc3)nc(-n3c4ccccc4c4c5c6cc7c(cc6n(-c6ccccc6)c5ccc43)oc3ccccc37)n2)cc1. The maximum Gasteiger partial charge on any atom is 0.235 e. The third-order valence-corrected chi connectivity index (χ3v) is 10.1. The minimum Gasteiger partial charge on any atom is -0.456 e. The molecule has 0 radical (unpaired) electrons. The molecule has 0 atom stereocenters. The predicted molar refractivity (Wildman–Crippen MR) is 209 cm³/mol. The van der Waals surface area contributed by atoms with E-state index in [1.54, 1.807) is 0 Å². The molecular formula is C46H28N4O. The van der Waals surface area contributed by atoms with Gasteiger partial charge in [-0.15, -0.1) is 0 Å². The molecule has 4 heterocycles. The van der Waals surface area contributed by atoms with Crippen molar-refractivity contribution in [1.29, 1.82) is 0 Å². The van der Waals surface area contributed by atoms with E-state index in [0.717, 1.165) is 77.6 Å². The van der Waals surface area contributed by atoms with Crippen LogP contribution in [0, 0.1) is 0 Å². The maximum absolute atomic E-state index is 6.43. The Kier molecular flexibility index (Phi) is 5.89. The first-order valence-electron chi connectivity index (χ1n) is 17.2. The monoisotopic (exact) mass is 652 g/mol. The van der Waals surface area contributed by atoms with E-state index < -0.39 is 0 Å². The van der Waals surface area contributed by atoms with Gasteiger partial charge in [-0.25, -0.2) is 9.97 Å². The number of hydrogen-bond donors (Lipinski definition) is 0. The third kappa shape index (κ3) is 4.15. The van der Waals surface area contributed by atoms with E-state index >= 15 is 0 Å². The number of rotatable bonds is 4. The van der Waals surface area contributed by atoms with Crippen molar-refractivity contribution in [2.45, 2.75) is 0 Å². The van der Waals surface area contributed by atoms with Crippen molar-refractivity contribution in [3.8, 4) is 34.2 Å². The van der Waals surface area contributed by atoms with Gasteiger partial charge in [-0.05, 0) is 48.5 Å². The van der Waals surface area contributed by atoms with E-state index in [0.29, 0.717) is 5.95 Å². The second-order valence-corrected chi connectivity index (χ2v) is 13.0. The van der Waals surface area contributed by atoms with E-state index in [4.69, 9.17) is 14.4 Å². The second kappa shape index (κ2) is 10.8. The Morgan fingerprint density at radius 1 is 0.373 bits per heavy atom. The Bertz CT molecular complexity index is 3060. The van der Waals surface area contributed by atoms with Crippen LogP contribution in [0.4, 0.5) is 0 Å². The first-order chi connectivity index (χ1) is 25.3. The summed E-state index contributed by atoms with van der Waals surface area (Å²) in [5, 5.41) is 6.91. The molecule has 5 nitrogen and oxygen atoms in total. The first kappa shape index (κ1) is 27.9. The molecule has 11 rings (SSSR count). The fourth-order valence-corrected chi connectivity index (χ4v) is 7.90. The third-order valence-electron chi connectivity index (χ3n) is 10.1. The van der Waals surface area contributed by atoms with E-state index in [9.17, 15) is 0 Å². The minimum atomic E-state index is 0.635. The molecule has 0 aliphatic heterocycles. The number of benzene rings is 7. The molecule has 0 amide bonds. The van der Waals surface area contributed by atoms with Gasteiger partial charge >= 0.3 is 0 Å². The van der Waals surface area contributed by atoms with Crippen LogP contribution >= 0.6 is 0 Å². The van der Waals surface area contributed by atoms with Crippen LogP contribution in [-0.2, 0) is 0 Å². The van der Waals surface area contributed by atoms with Crippen LogP contribution in [0.15, 0.2) is 174 Å². The minimum absolute atomic E-state index is 0.635. The summed E-state index contributed by atoms with van der Waals surface area (Å²) in [6, 6.07) is 59.3. The van der Waals surface area contributed by atoms with Gasteiger partial charge in [-0.1, -0.05) is 115 Å². The molecule has 5 heteroatoms. The van der Waals surface area contributed by atoms with Crippen LogP contribution in [0.5, 0.6) is 0 Å². The largest absolute Gasteiger partial charge is 0.456 e. The zero-order valence-corrected chi connectivity index (χ0v) is 27.4. The lowest BCUT2D eigenvalue weighted by atomic mass is 10.0. The molecule has 0 aliphatic rings. The lowest BCUT2D eigenvalue weighted by molar-refractivity contribution is 0.669. The summed E-state index contributed by atoms with van der Waals surface area (Å²) in [5.41, 5.74) is 11.0. The lowest BCUT2D eigenvalue weighted by Gasteiger charge is -2.12. The Morgan fingerprint density at radius 2 is 0.941 bits per heavy atom. The zero-order valence-electron chi connectivity index (χ0n) is 27.4. The van der Waals surface area contributed by atoms with Gasteiger partial charge in [0.1, 0.15) is 11.2 Å². The maximum atomic E-state index is 6.43. The number of aromatic nitrogens is 4. The van der Waals surface area contributed by atoms with Crippen molar-refractivity contribution in [3.05, 3.63) is 170 Å². The predicted octanol–water partition coefficient (Wildman–Crippen LogP) is 11.9. The number of nitrogens with zero attached hydrogens (tertiary/aromatic N) is 4. The summed E-state index contributed by atoms with van der Waals surface area (Å²) in [6.45, 7) is 0. The van der Waals surface area contributed by atoms with Crippen molar-refractivity contribution in [1.82, 2.24) is 19.1 Å². The van der Waals surface area contributed by atoms with Gasteiger partial charge in [0.05, 0.1) is 33.5 Å². The molecule has 51 heavy (non-hydrogen) atoms. The molecule has 0 saturated heterocycles. The van der Waals surface area contributed by atoms with Crippen LogP contribution in [-0.4, -0.2) is 19.1 Å². The van der Waals surface area contributed by atoms with E-state index in [1.807, 2.05) is 24.3 Å². The quantitative estimate of drug-likeness (QED) is 0.190. The van der Waals surface area contributed by atoms with Gasteiger partial charge in [0.25, 0.3) is 0 Å². The second-order valence-electron chi connectivity index (χ2n) is 13.0. The number of para-hydroxylation sites is 3. The van der Waals surface area contributed by atoms with Crippen molar-refractivity contribution < 1.29 is 4.42 Å². The topological polar surface area (TPSA) is 48.8 Å². The normalized spacial score (nSPS) is 11.9. The molecule has 0 unspecified atom stereocenters. The number of fused-ring (bicyclic) bond motifs is 10. The Morgan fingerprint density at radius 3 is 1.65 bits per heavy atom. The van der Waals surface area contributed by atoms with Crippen LogP contribution in [0.2, 0.25) is 0 Å². The summed E-state index contributed by atoms with van der Waals surface area (Å²) >= 11 is 0. The van der Waals surface area contributed by atoms with Crippen molar-refractivity contribution in [2.24, 2.45) is 0 Å². The van der Waals surface area contributed by atoms with Gasteiger partial charge in [-0.2, -0.15) is 0 Å². The van der Waals surface area contributed by atoms with Crippen molar-refractivity contribution in [3.63, 3.8) is 0 Å². The fraction of sp³-hybridized carbons (Fsp3) is 0. The molecule has 7 aromatic carbocycles. The molecule has 0 N–H and O–H groups in total. The fourth-order valence-electron chi connectivity index (χ4n) is 7.90. The molecule has 0 aliphatic carbocycles. The molecule has 11 aromatic rings. The number of hydrogen-bond acceptors (Lipinski definition) is 3. The van der Waals surface area contributed by atoms with E-state index in [1.165, 1.54) is 16.2 Å². The van der Waals surface area contributed by atoms with Crippen molar-refractivity contribution >= 4 is 65.6 Å². The zero-order chi connectivity index (χ0) is 33.5. The Labute approximate surface area is 292 Å². The summed E-state index contributed by atoms with van der Waals surface area (Å²) in [5.74, 6) is 0.635. The average molecular weight is 653 g/mol. The van der Waals surface area contributed by atoms with E-state index in [-0.39, 0.29) is 0 Å². The first-order valence-corrected chi connectivity index (χ1v) is 17.2. The highest BCUT2D eigenvalue weighted by atomic mass is 16.3. The summed E-state index contributed by atoms with van der Waals surface area (Å²) in [7, 11) is 0. The number of furan rings is 1. The molecule has 0 saturated carbocycles. The summed E-state index contributed by atoms with van der Waals surface area (Å²) in [4.78, 5) is 10.5. The van der Waals surface area contributed by atoms with E-state index in [2.05, 4.69) is 155 Å². The van der Waals surface area contributed by atoms with Gasteiger partial charge in [-0.3, -0.25) is 4.57 Å². The van der Waals surface area contributed by atoms with Crippen molar-refractivity contribution in [2.75, 3.05) is 0 Å². The Hall–Kier alpha value is -6.98. The molecule has 238 valence electrons. The van der Waals surface area contributed by atoms with Crippen LogP contribution in [0.3, 0.4) is 0 Å². The average Bonchev–Trinajstić information content (AvgIpc) is 3.85. The summed E-state index contributed by atoms with van der Waals surface area (Å²) in [6.07, 6.45) is 0. The van der Waals surface area contributed by atoms with Gasteiger partial charge < -0.3 is 8.98 Å². The molecule has 0 fully saturated rings. The Balaban J connectivity index is 1.29. The van der Waals surface area contributed by atoms with Crippen LogP contribution in [0.25, 0.3) is 99.7 Å². The van der Waals surface area contributed by atoms with Crippen LogP contribution < -0.4 is 0 Å². The van der Waals surface area contributed by atoms with Gasteiger partial charge in [0.15, 0.2) is 0 Å². The lowest BCUT2D eigenvalue weighted by Crippen LogP contribution is -2.04. The summed E-state index contributed by atoms with van der Waals surface area (Å²) < 4.78 is 11.0. The molecule has 4 aromatic heterocycles. The highest BCUT2D eigenvalue weighted by Gasteiger charge is 2.23. The highest BCUT2D eigenvalue weighted by molar-refractivity contribution is 6.30. The molecule has 0 spiro atoms. The van der Waals surface area contributed by atoms with Gasteiger partial charge in [0.2, 0.25) is 5.95 Å². The standard InChI is InChI=1S/C46H28N4O/c1-4-14-29(15-5-1)36-27-37(30-16-6-2-7-17-30)48-46(47-36)50-38-22-12-10-21-33(38)44-40(50)25-24-39-45(44)35-26-34-32-20-11-13-23-42(32)51-43(34)28-41(35)49(39)31-18-8-3-9-19-31/h1-28H. The molecule has 0 bridgehead atoms. The van der Waals surface area contributed by atoms with Gasteiger partial charge in [0, 0.05) is 55.2 Å². The molecular weight excluding hydrogens is 625 g/mol. The van der Waals surface area contributed by atoms with Crippen LogP contribution in [0.1, 0.15) is 0 Å². The smallest absolute Gasteiger partial charge is 0.235 e. The highest BCUT2D eigenvalue weighted by Crippen LogP contribution is 2.44.